The molecule has 0 radical (unpaired) electrons. The zero-order valence-corrected chi connectivity index (χ0v) is 14.3. The van der Waals surface area contributed by atoms with Crippen molar-refractivity contribution in [1.29, 1.82) is 0 Å². The molecule has 0 fully saturated rings. The fourth-order valence-electron chi connectivity index (χ4n) is 2.02. The summed E-state index contributed by atoms with van der Waals surface area (Å²) in [5, 5.41) is 19.6. The molecule has 1 heterocycles. The predicted octanol–water partition coefficient (Wildman–Crippen LogP) is 3.56. The summed E-state index contributed by atoms with van der Waals surface area (Å²) in [7, 11) is 0. The Morgan fingerprint density at radius 1 is 1.35 bits per heavy atom. The minimum absolute atomic E-state index is 0.0142. The summed E-state index contributed by atoms with van der Waals surface area (Å²) < 4.78 is 5.66. The molecule has 2 amide bonds. The second-order valence-electron chi connectivity index (χ2n) is 5.76. The van der Waals surface area contributed by atoms with Crippen LogP contribution in [0.1, 0.15) is 26.3 Å². The van der Waals surface area contributed by atoms with E-state index in [-0.39, 0.29) is 18.7 Å². The lowest BCUT2D eigenvalue weighted by atomic mass is 9.99. The van der Waals surface area contributed by atoms with Crippen molar-refractivity contribution in [3.8, 4) is 5.75 Å². The number of amides is 2. The molecule has 124 valence electrons. The normalized spacial score (nSPS) is 13.4. The van der Waals surface area contributed by atoms with Crippen LogP contribution >= 0.6 is 11.3 Å². The molecular formula is C17H22N2O3S. The summed E-state index contributed by atoms with van der Waals surface area (Å²) in [6, 6.07) is 8.70. The molecule has 0 bridgehead atoms. The smallest absolute Gasteiger partial charge is 0.319 e. The number of thiophene rings is 1. The van der Waals surface area contributed by atoms with Crippen LogP contribution in [0.3, 0.4) is 0 Å². The van der Waals surface area contributed by atoms with Crippen molar-refractivity contribution in [3.05, 3.63) is 46.7 Å². The van der Waals surface area contributed by atoms with E-state index in [0.29, 0.717) is 11.4 Å². The third kappa shape index (κ3) is 4.97. The van der Waals surface area contributed by atoms with Crippen LogP contribution in [0, 0.1) is 0 Å². The average molecular weight is 334 g/mol. The van der Waals surface area contributed by atoms with Gasteiger partial charge in [-0.05, 0) is 55.3 Å². The number of anilines is 1. The van der Waals surface area contributed by atoms with Gasteiger partial charge in [0.1, 0.15) is 11.4 Å². The van der Waals surface area contributed by atoms with Crippen LogP contribution in [0.25, 0.3) is 0 Å². The van der Waals surface area contributed by atoms with Gasteiger partial charge in [0.15, 0.2) is 0 Å². The van der Waals surface area contributed by atoms with Crippen molar-refractivity contribution in [3.63, 3.8) is 0 Å². The first-order valence-corrected chi connectivity index (χ1v) is 8.38. The molecule has 0 aliphatic rings. The van der Waals surface area contributed by atoms with Crippen LogP contribution in [0.5, 0.6) is 5.75 Å². The monoisotopic (exact) mass is 334 g/mol. The van der Waals surface area contributed by atoms with Crippen LogP contribution < -0.4 is 15.4 Å². The van der Waals surface area contributed by atoms with Crippen molar-refractivity contribution in [2.75, 3.05) is 11.9 Å². The summed E-state index contributed by atoms with van der Waals surface area (Å²) >= 11 is 1.51. The fraction of sp³-hybridized carbons (Fsp3) is 0.353. The Labute approximate surface area is 140 Å². The maximum atomic E-state index is 12.1. The van der Waals surface area contributed by atoms with Gasteiger partial charge in [-0.25, -0.2) is 4.79 Å². The van der Waals surface area contributed by atoms with Crippen LogP contribution in [-0.2, 0) is 5.60 Å². The third-order valence-corrected chi connectivity index (χ3v) is 3.92. The minimum atomic E-state index is -1.11. The lowest BCUT2D eigenvalue weighted by Gasteiger charge is -2.23. The van der Waals surface area contributed by atoms with Gasteiger partial charge < -0.3 is 20.5 Å². The quantitative estimate of drug-likeness (QED) is 0.756. The molecule has 1 unspecified atom stereocenters. The van der Waals surface area contributed by atoms with Crippen molar-refractivity contribution in [2.24, 2.45) is 0 Å². The molecule has 3 N–H and O–H groups in total. The summed E-state index contributed by atoms with van der Waals surface area (Å²) in [4.78, 5) is 12.1. The summed E-state index contributed by atoms with van der Waals surface area (Å²) in [6.45, 7) is 5.64. The Balaban J connectivity index is 1.95. The average Bonchev–Trinajstić information content (AvgIpc) is 3.02. The van der Waals surface area contributed by atoms with Gasteiger partial charge in [0.25, 0.3) is 0 Å². The molecule has 0 aliphatic heterocycles. The number of para-hydroxylation sites is 2. The number of nitrogens with one attached hydrogen (secondary N) is 2. The highest BCUT2D eigenvalue weighted by Crippen LogP contribution is 2.25. The first-order valence-electron chi connectivity index (χ1n) is 7.44. The second-order valence-corrected chi connectivity index (χ2v) is 6.54. The van der Waals surface area contributed by atoms with E-state index in [1.165, 1.54) is 11.3 Å². The Kier molecular flexibility index (Phi) is 5.63. The molecule has 5 nitrogen and oxygen atoms in total. The molecular weight excluding hydrogens is 312 g/mol. The van der Waals surface area contributed by atoms with Crippen LogP contribution in [0.4, 0.5) is 10.5 Å². The number of benzene rings is 1. The molecule has 0 aliphatic carbocycles. The number of urea groups is 1. The third-order valence-electron chi connectivity index (χ3n) is 3.23. The number of hydrogen-bond donors (Lipinski definition) is 3. The van der Waals surface area contributed by atoms with Gasteiger partial charge in [-0.2, -0.15) is 11.3 Å². The zero-order chi connectivity index (χ0) is 16.9. The second kappa shape index (κ2) is 7.48. The molecule has 2 aromatic rings. The zero-order valence-electron chi connectivity index (χ0n) is 13.5. The van der Waals surface area contributed by atoms with Gasteiger partial charge >= 0.3 is 6.03 Å². The van der Waals surface area contributed by atoms with Crippen molar-refractivity contribution < 1.29 is 14.6 Å². The number of aliphatic hydroxyl groups is 1. The lowest BCUT2D eigenvalue weighted by Crippen LogP contribution is -2.40. The maximum absolute atomic E-state index is 12.1. The van der Waals surface area contributed by atoms with E-state index in [2.05, 4.69) is 10.6 Å². The van der Waals surface area contributed by atoms with Gasteiger partial charge in [0, 0.05) is 0 Å². The largest absolute Gasteiger partial charge is 0.489 e. The fourth-order valence-corrected chi connectivity index (χ4v) is 2.80. The highest BCUT2D eigenvalue weighted by atomic mass is 32.1. The summed E-state index contributed by atoms with van der Waals surface area (Å²) in [5.41, 5.74) is 0.269. The number of carbonyl (C=O) groups excluding carboxylic acids is 1. The lowest BCUT2D eigenvalue weighted by molar-refractivity contribution is 0.0604. The SMILES string of the molecule is CC(C)Oc1ccccc1NC(=O)NCC(C)(O)c1ccsc1. The molecule has 1 atom stereocenters. The van der Waals surface area contributed by atoms with Crippen molar-refractivity contribution >= 4 is 23.1 Å². The van der Waals surface area contributed by atoms with Crippen molar-refractivity contribution in [1.82, 2.24) is 5.32 Å². The number of hydrogen-bond acceptors (Lipinski definition) is 4. The van der Waals surface area contributed by atoms with Crippen molar-refractivity contribution in [2.45, 2.75) is 32.5 Å². The van der Waals surface area contributed by atoms with Gasteiger partial charge in [0.05, 0.1) is 18.3 Å². The Hall–Kier alpha value is -2.05. The highest BCUT2D eigenvalue weighted by Gasteiger charge is 2.24. The minimum Gasteiger partial charge on any atom is -0.489 e. The van der Waals surface area contributed by atoms with E-state index < -0.39 is 5.60 Å². The Morgan fingerprint density at radius 3 is 2.74 bits per heavy atom. The molecule has 1 aromatic carbocycles. The molecule has 6 heteroatoms. The molecule has 0 spiro atoms. The van der Waals surface area contributed by atoms with E-state index in [0.717, 1.165) is 5.56 Å². The Morgan fingerprint density at radius 2 is 2.09 bits per heavy atom. The van der Waals surface area contributed by atoms with E-state index in [9.17, 15) is 9.90 Å². The maximum Gasteiger partial charge on any atom is 0.319 e. The Bertz CT molecular complexity index is 639. The van der Waals surface area contributed by atoms with E-state index in [4.69, 9.17) is 4.74 Å². The van der Waals surface area contributed by atoms with Crippen LogP contribution in [-0.4, -0.2) is 23.8 Å². The van der Waals surface area contributed by atoms with Gasteiger partial charge in [-0.1, -0.05) is 12.1 Å². The summed E-state index contributed by atoms with van der Waals surface area (Å²) in [5.74, 6) is 0.613. The molecule has 0 saturated carbocycles. The van der Waals surface area contributed by atoms with E-state index >= 15 is 0 Å². The summed E-state index contributed by atoms with van der Waals surface area (Å²) in [6.07, 6.45) is 0.0142. The highest BCUT2D eigenvalue weighted by molar-refractivity contribution is 7.08. The van der Waals surface area contributed by atoms with Crippen LogP contribution in [0.15, 0.2) is 41.1 Å². The first kappa shape index (κ1) is 17.3. The first-order chi connectivity index (χ1) is 10.9. The number of rotatable bonds is 6. The van der Waals surface area contributed by atoms with E-state index in [1.807, 2.05) is 42.8 Å². The molecule has 0 saturated heterocycles. The molecule has 1 aromatic heterocycles. The van der Waals surface area contributed by atoms with Gasteiger partial charge in [0.2, 0.25) is 0 Å². The topological polar surface area (TPSA) is 70.6 Å². The standard InChI is InChI=1S/C17H22N2O3S/c1-12(2)22-15-7-5-4-6-14(15)19-16(20)18-11-17(3,21)13-8-9-23-10-13/h4-10,12,21H,11H2,1-3H3,(H2,18,19,20). The van der Waals surface area contributed by atoms with Crippen LogP contribution in [0.2, 0.25) is 0 Å². The number of ether oxygens (including phenoxy) is 1. The van der Waals surface area contributed by atoms with E-state index in [1.54, 1.807) is 19.1 Å². The van der Waals surface area contributed by atoms with Gasteiger partial charge in [-0.3, -0.25) is 0 Å². The van der Waals surface area contributed by atoms with Gasteiger partial charge in [-0.15, -0.1) is 0 Å². The molecule has 23 heavy (non-hydrogen) atoms. The predicted molar refractivity (Wildman–Crippen MR) is 93.1 cm³/mol. The molecule has 2 rings (SSSR count). The number of carbonyl (C=O) groups is 1.